The third-order valence-electron chi connectivity index (χ3n) is 3.75. The fourth-order valence-electron chi connectivity index (χ4n) is 2.89. The van der Waals surface area contributed by atoms with Crippen LogP contribution in [-0.2, 0) is 13.0 Å². The highest BCUT2D eigenvalue weighted by Gasteiger charge is 2.33. The van der Waals surface area contributed by atoms with Crippen molar-refractivity contribution >= 4 is 0 Å². The van der Waals surface area contributed by atoms with E-state index in [4.69, 9.17) is 4.52 Å². The quantitative estimate of drug-likeness (QED) is 0.900. The number of aromatic nitrogens is 3. The highest BCUT2D eigenvalue weighted by Crippen LogP contribution is 2.41. The van der Waals surface area contributed by atoms with E-state index in [1.165, 1.54) is 5.69 Å². The lowest BCUT2D eigenvalue weighted by Gasteiger charge is -2.33. The third-order valence-corrected chi connectivity index (χ3v) is 3.75. The Morgan fingerprint density at radius 2 is 2.32 bits per heavy atom. The number of rotatable bonds is 2. The number of aliphatic hydroxyl groups excluding tert-OH is 1. The summed E-state index contributed by atoms with van der Waals surface area (Å²) in [7, 11) is 0. The van der Waals surface area contributed by atoms with Crippen LogP contribution in [0.25, 0.3) is 0 Å². The standard InChI is InChI=1S/C14H19N3O2/c1-9-15-13(16-19-9)8-17-5-4-10-11(17)6-14(2,3)7-12(10)18/h4-5,12,18H,6-8H2,1-3H3. The van der Waals surface area contributed by atoms with E-state index in [0.717, 1.165) is 18.4 Å². The van der Waals surface area contributed by atoms with Gasteiger partial charge in [-0.1, -0.05) is 19.0 Å². The molecule has 5 heteroatoms. The minimum absolute atomic E-state index is 0.121. The van der Waals surface area contributed by atoms with Gasteiger partial charge < -0.3 is 14.2 Å². The summed E-state index contributed by atoms with van der Waals surface area (Å²) in [5.74, 6) is 1.25. The molecule has 102 valence electrons. The van der Waals surface area contributed by atoms with Gasteiger partial charge >= 0.3 is 0 Å². The van der Waals surface area contributed by atoms with Gasteiger partial charge in [0, 0.05) is 24.4 Å². The number of hydrogen-bond acceptors (Lipinski definition) is 4. The van der Waals surface area contributed by atoms with Gasteiger partial charge in [0.25, 0.3) is 0 Å². The van der Waals surface area contributed by atoms with E-state index in [9.17, 15) is 5.11 Å². The first-order valence-electron chi connectivity index (χ1n) is 6.60. The molecule has 0 bridgehead atoms. The van der Waals surface area contributed by atoms with Crippen LogP contribution in [-0.4, -0.2) is 19.8 Å². The number of aryl methyl sites for hydroxylation is 1. The molecule has 0 amide bonds. The average Bonchev–Trinajstić information content (AvgIpc) is 2.86. The predicted molar refractivity (Wildman–Crippen MR) is 69.6 cm³/mol. The first-order valence-corrected chi connectivity index (χ1v) is 6.60. The van der Waals surface area contributed by atoms with Crippen molar-refractivity contribution in [2.45, 2.75) is 46.3 Å². The van der Waals surface area contributed by atoms with Crippen molar-refractivity contribution in [2.24, 2.45) is 5.41 Å². The summed E-state index contributed by atoms with van der Waals surface area (Å²) in [6.07, 6.45) is 3.40. The van der Waals surface area contributed by atoms with Gasteiger partial charge in [-0.3, -0.25) is 0 Å². The fraction of sp³-hybridized carbons (Fsp3) is 0.571. The second-order valence-electron chi connectivity index (χ2n) is 6.14. The molecular weight excluding hydrogens is 242 g/mol. The van der Waals surface area contributed by atoms with Crippen LogP contribution in [0.1, 0.15) is 49.3 Å². The molecule has 5 nitrogen and oxygen atoms in total. The van der Waals surface area contributed by atoms with Crippen molar-refractivity contribution in [1.82, 2.24) is 14.7 Å². The molecule has 0 fully saturated rings. The molecule has 1 unspecified atom stereocenters. The number of aliphatic hydroxyl groups is 1. The lowest BCUT2D eigenvalue weighted by atomic mass is 9.75. The number of hydrogen-bond donors (Lipinski definition) is 1. The Morgan fingerprint density at radius 1 is 1.53 bits per heavy atom. The van der Waals surface area contributed by atoms with Gasteiger partial charge in [0.2, 0.25) is 5.89 Å². The molecule has 1 atom stereocenters. The Balaban J connectivity index is 1.92. The van der Waals surface area contributed by atoms with E-state index < -0.39 is 0 Å². The van der Waals surface area contributed by atoms with E-state index in [-0.39, 0.29) is 11.5 Å². The lowest BCUT2D eigenvalue weighted by Crippen LogP contribution is -2.27. The van der Waals surface area contributed by atoms with Gasteiger partial charge in [-0.2, -0.15) is 4.98 Å². The summed E-state index contributed by atoms with van der Waals surface area (Å²) < 4.78 is 7.11. The summed E-state index contributed by atoms with van der Waals surface area (Å²) in [5, 5.41) is 14.1. The van der Waals surface area contributed by atoms with Crippen LogP contribution in [0.2, 0.25) is 0 Å². The molecule has 0 aliphatic heterocycles. The van der Waals surface area contributed by atoms with Crippen molar-refractivity contribution in [2.75, 3.05) is 0 Å². The van der Waals surface area contributed by atoms with Crippen LogP contribution in [0.15, 0.2) is 16.8 Å². The summed E-state index contributed by atoms with van der Waals surface area (Å²) in [6.45, 7) is 6.76. The summed E-state index contributed by atoms with van der Waals surface area (Å²) in [4.78, 5) is 4.23. The fourth-order valence-corrected chi connectivity index (χ4v) is 2.89. The Kier molecular flexibility index (Phi) is 2.74. The zero-order valence-electron chi connectivity index (χ0n) is 11.6. The van der Waals surface area contributed by atoms with Gasteiger partial charge in [0.05, 0.1) is 12.6 Å². The maximum atomic E-state index is 10.2. The topological polar surface area (TPSA) is 64.1 Å². The molecule has 2 heterocycles. The second kappa shape index (κ2) is 4.20. The molecular formula is C14H19N3O2. The largest absolute Gasteiger partial charge is 0.388 e. The Bertz CT molecular complexity index is 598. The van der Waals surface area contributed by atoms with Crippen molar-refractivity contribution < 1.29 is 9.63 Å². The highest BCUT2D eigenvalue weighted by molar-refractivity contribution is 5.29. The molecule has 2 aromatic rings. The van der Waals surface area contributed by atoms with Gasteiger partial charge in [0.1, 0.15) is 0 Å². The molecule has 0 spiro atoms. The molecule has 0 saturated heterocycles. The van der Waals surface area contributed by atoms with E-state index >= 15 is 0 Å². The maximum absolute atomic E-state index is 10.2. The number of fused-ring (bicyclic) bond motifs is 1. The van der Waals surface area contributed by atoms with E-state index in [2.05, 4.69) is 28.6 Å². The van der Waals surface area contributed by atoms with Crippen LogP contribution < -0.4 is 0 Å². The van der Waals surface area contributed by atoms with Crippen LogP contribution in [0.5, 0.6) is 0 Å². The van der Waals surface area contributed by atoms with Crippen LogP contribution in [0, 0.1) is 12.3 Å². The van der Waals surface area contributed by atoms with Crippen molar-refractivity contribution in [3.05, 3.63) is 35.2 Å². The molecule has 3 rings (SSSR count). The van der Waals surface area contributed by atoms with Crippen molar-refractivity contribution in [3.63, 3.8) is 0 Å². The van der Waals surface area contributed by atoms with Crippen molar-refractivity contribution in [3.8, 4) is 0 Å². The minimum Gasteiger partial charge on any atom is -0.388 e. The van der Waals surface area contributed by atoms with E-state index in [1.54, 1.807) is 6.92 Å². The van der Waals surface area contributed by atoms with Gasteiger partial charge in [-0.05, 0) is 24.3 Å². The van der Waals surface area contributed by atoms with E-state index in [1.807, 2.05) is 12.3 Å². The second-order valence-corrected chi connectivity index (χ2v) is 6.14. The van der Waals surface area contributed by atoms with E-state index in [0.29, 0.717) is 18.3 Å². The number of nitrogens with zero attached hydrogens (tertiary/aromatic N) is 3. The Labute approximate surface area is 112 Å². The third kappa shape index (κ3) is 2.30. The van der Waals surface area contributed by atoms with Gasteiger partial charge in [-0.25, -0.2) is 0 Å². The molecule has 1 aliphatic carbocycles. The van der Waals surface area contributed by atoms with Gasteiger partial charge in [0.15, 0.2) is 5.82 Å². The SMILES string of the molecule is Cc1nc(Cn2ccc3c2CC(C)(C)CC3O)no1. The molecule has 1 N–H and O–H groups in total. The molecule has 19 heavy (non-hydrogen) atoms. The average molecular weight is 261 g/mol. The zero-order valence-corrected chi connectivity index (χ0v) is 11.6. The van der Waals surface area contributed by atoms with Crippen LogP contribution in [0.3, 0.4) is 0 Å². The first kappa shape index (κ1) is 12.4. The minimum atomic E-state index is -0.369. The monoisotopic (exact) mass is 261 g/mol. The molecule has 0 saturated carbocycles. The Morgan fingerprint density at radius 3 is 3.00 bits per heavy atom. The predicted octanol–water partition coefficient (Wildman–Crippen LogP) is 2.23. The molecule has 2 aromatic heterocycles. The zero-order chi connectivity index (χ0) is 13.6. The smallest absolute Gasteiger partial charge is 0.223 e. The highest BCUT2D eigenvalue weighted by atomic mass is 16.5. The summed E-state index contributed by atoms with van der Waals surface area (Å²) in [5.41, 5.74) is 2.35. The molecule has 0 radical (unpaired) electrons. The first-order chi connectivity index (χ1) is 8.94. The lowest BCUT2D eigenvalue weighted by molar-refractivity contribution is 0.0980. The molecule has 1 aliphatic rings. The summed E-state index contributed by atoms with van der Waals surface area (Å²) >= 11 is 0. The maximum Gasteiger partial charge on any atom is 0.223 e. The van der Waals surface area contributed by atoms with Crippen LogP contribution in [0.4, 0.5) is 0 Å². The summed E-state index contributed by atoms with van der Waals surface area (Å²) in [6, 6.07) is 2.00. The Hall–Kier alpha value is -1.62. The van der Waals surface area contributed by atoms with Gasteiger partial charge in [-0.15, -0.1) is 0 Å². The van der Waals surface area contributed by atoms with Crippen molar-refractivity contribution in [1.29, 1.82) is 0 Å². The van der Waals surface area contributed by atoms with Crippen LogP contribution >= 0.6 is 0 Å². The molecule has 0 aromatic carbocycles. The normalized spacial score (nSPS) is 21.4.